The van der Waals surface area contributed by atoms with Crippen LogP contribution in [0.25, 0.3) is 0 Å². The van der Waals surface area contributed by atoms with Gasteiger partial charge in [0.1, 0.15) is 0 Å². The average molecular weight is 170 g/mol. The van der Waals surface area contributed by atoms with E-state index in [1.807, 2.05) is 0 Å². The van der Waals surface area contributed by atoms with Crippen molar-refractivity contribution in [1.29, 1.82) is 0 Å². The summed E-state index contributed by atoms with van der Waals surface area (Å²) in [6, 6.07) is 0. The normalized spacial score (nSPS) is 9.92. The molecule has 0 saturated heterocycles. The molecule has 0 amide bonds. The summed E-state index contributed by atoms with van der Waals surface area (Å²) in [4.78, 5) is 10.6. The third-order valence-corrected chi connectivity index (χ3v) is 1.59. The van der Waals surface area contributed by atoms with Crippen molar-refractivity contribution in [2.24, 2.45) is 5.92 Å². The van der Waals surface area contributed by atoms with Gasteiger partial charge in [-0.25, -0.2) is 4.79 Å². The van der Waals surface area contributed by atoms with E-state index < -0.39 is 0 Å². The minimum atomic E-state index is -0.320. The Bertz CT molecular complexity index is 139. The zero-order chi connectivity index (χ0) is 9.40. The van der Waals surface area contributed by atoms with Crippen LogP contribution in [0.3, 0.4) is 0 Å². The Hall–Kier alpha value is -0.790. The van der Waals surface area contributed by atoms with Gasteiger partial charge in [0.15, 0.2) is 0 Å². The van der Waals surface area contributed by atoms with Crippen LogP contribution in [-0.4, -0.2) is 12.6 Å². The van der Waals surface area contributed by atoms with Crippen LogP contribution < -0.4 is 0 Å². The molecule has 0 N–H and O–H groups in total. The third kappa shape index (κ3) is 7.32. The quantitative estimate of drug-likeness (QED) is 0.348. The molecule has 2 nitrogen and oxygen atoms in total. The first kappa shape index (κ1) is 11.2. The number of esters is 1. The van der Waals surface area contributed by atoms with Crippen molar-refractivity contribution in [3.05, 3.63) is 12.7 Å². The SMILES string of the molecule is C=CC(=O)OCCCCC(C)C. The van der Waals surface area contributed by atoms with E-state index in [-0.39, 0.29) is 5.97 Å². The zero-order valence-corrected chi connectivity index (χ0v) is 8.01. The highest BCUT2D eigenvalue weighted by Gasteiger charge is 1.96. The molecule has 12 heavy (non-hydrogen) atoms. The molecule has 0 radical (unpaired) electrons. The van der Waals surface area contributed by atoms with Crippen LogP contribution in [-0.2, 0) is 9.53 Å². The molecule has 0 aromatic heterocycles. The van der Waals surface area contributed by atoms with E-state index >= 15 is 0 Å². The molecule has 0 fully saturated rings. The fraction of sp³-hybridized carbons (Fsp3) is 0.700. The van der Waals surface area contributed by atoms with Gasteiger partial charge in [-0.2, -0.15) is 0 Å². The highest BCUT2D eigenvalue weighted by atomic mass is 16.5. The lowest BCUT2D eigenvalue weighted by Gasteiger charge is -2.04. The van der Waals surface area contributed by atoms with Gasteiger partial charge in [0.05, 0.1) is 6.61 Å². The Morgan fingerprint density at radius 3 is 2.67 bits per heavy atom. The minimum absolute atomic E-state index is 0.320. The van der Waals surface area contributed by atoms with Crippen molar-refractivity contribution >= 4 is 5.97 Å². The average Bonchev–Trinajstić information content (AvgIpc) is 2.03. The van der Waals surface area contributed by atoms with E-state index in [1.54, 1.807) is 0 Å². The Morgan fingerprint density at radius 1 is 1.50 bits per heavy atom. The standard InChI is InChI=1S/C10H18O2/c1-4-10(11)12-8-6-5-7-9(2)3/h4,9H,1,5-8H2,2-3H3. The first-order chi connectivity index (χ1) is 5.66. The van der Waals surface area contributed by atoms with E-state index in [0.29, 0.717) is 6.61 Å². The summed E-state index contributed by atoms with van der Waals surface area (Å²) in [5.74, 6) is 0.416. The van der Waals surface area contributed by atoms with Crippen LogP contribution in [0.4, 0.5) is 0 Å². The summed E-state index contributed by atoms with van der Waals surface area (Å²) < 4.78 is 4.82. The van der Waals surface area contributed by atoms with Gasteiger partial charge >= 0.3 is 5.97 Å². The molecule has 0 rings (SSSR count). The lowest BCUT2D eigenvalue weighted by molar-refractivity contribution is -0.137. The van der Waals surface area contributed by atoms with Gasteiger partial charge in [-0.15, -0.1) is 0 Å². The summed E-state index contributed by atoms with van der Waals surface area (Å²) >= 11 is 0. The van der Waals surface area contributed by atoms with Gasteiger partial charge in [-0.05, 0) is 18.8 Å². The highest BCUT2D eigenvalue weighted by Crippen LogP contribution is 2.05. The second-order valence-corrected chi connectivity index (χ2v) is 3.26. The van der Waals surface area contributed by atoms with Crippen LogP contribution in [0.5, 0.6) is 0 Å². The summed E-state index contributed by atoms with van der Waals surface area (Å²) in [5.41, 5.74) is 0. The second-order valence-electron chi connectivity index (χ2n) is 3.26. The molecule has 0 aliphatic carbocycles. The molecule has 0 aliphatic heterocycles. The van der Waals surface area contributed by atoms with Crippen LogP contribution >= 0.6 is 0 Å². The molecule has 0 aliphatic rings. The molecule has 0 saturated carbocycles. The van der Waals surface area contributed by atoms with Crippen molar-refractivity contribution in [2.45, 2.75) is 33.1 Å². The van der Waals surface area contributed by atoms with Gasteiger partial charge in [0.25, 0.3) is 0 Å². The topological polar surface area (TPSA) is 26.3 Å². The van der Waals surface area contributed by atoms with Gasteiger partial charge in [0.2, 0.25) is 0 Å². The molecule has 0 heterocycles. The molecule has 2 heteroatoms. The summed E-state index contributed by atoms with van der Waals surface area (Å²) in [7, 11) is 0. The fourth-order valence-corrected chi connectivity index (χ4v) is 0.886. The second kappa shape index (κ2) is 6.89. The number of rotatable bonds is 6. The Kier molecular flexibility index (Phi) is 6.44. The van der Waals surface area contributed by atoms with E-state index in [9.17, 15) is 4.79 Å². The van der Waals surface area contributed by atoms with E-state index in [1.165, 1.54) is 12.5 Å². The van der Waals surface area contributed by atoms with Crippen molar-refractivity contribution < 1.29 is 9.53 Å². The minimum Gasteiger partial charge on any atom is -0.463 e. The maximum Gasteiger partial charge on any atom is 0.330 e. The zero-order valence-electron chi connectivity index (χ0n) is 8.01. The van der Waals surface area contributed by atoms with E-state index in [0.717, 1.165) is 18.8 Å². The summed E-state index contributed by atoms with van der Waals surface area (Å²) in [5, 5.41) is 0. The van der Waals surface area contributed by atoms with Gasteiger partial charge < -0.3 is 4.74 Å². The summed E-state index contributed by atoms with van der Waals surface area (Å²) in [6.45, 7) is 8.22. The van der Waals surface area contributed by atoms with E-state index in [2.05, 4.69) is 20.4 Å². The van der Waals surface area contributed by atoms with Gasteiger partial charge in [-0.1, -0.05) is 26.8 Å². The molecule has 0 unspecified atom stereocenters. The van der Waals surface area contributed by atoms with Crippen LogP contribution in [0.1, 0.15) is 33.1 Å². The molecule has 0 spiro atoms. The van der Waals surface area contributed by atoms with Crippen molar-refractivity contribution in [2.75, 3.05) is 6.61 Å². The van der Waals surface area contributed by atoms with Crippen LogP contribution in [0.2, 0.25) is 0 Å². The predicted octanol–water partition coefficient (Wildman–Crippen LogP) is 2.54. The van der Waals surface area contributed by atoms with E-state index in [4.69, 9.17) is 4.74 Å². The number of carbonyl (C=O) groups is 1. The number of unbranched alkanes of at least 4 members (excludes halogenated alkanes) is 1. The molecule has 0 aromatic carbocycles. The lowest BCUT2D eigenvalue weighted by Crippen LogP contribution is -2.02. The maximum absolute atomic E-state index is 10.6. The Labute approximate surface area is 74.6 Å². The molecule has 0 aromatic rings. The predicted molar refractivity (Wildman–Crippen MR) is 49.8 cm³/mol. The van der Waals surface area contributed by atoms with Crippen LogP contribution in [0.15, 0.2) is 12.7 Å². The lowest BCUT2D eigenvalue weighted by atomic mass is 10.1. The smallest absolute Gasteiger partial charge is 0.330 e. The van der Waals surface area contributed by atoms with Crippen molar-refractivity contribution in [3.8, 4) is 0 Å². The summed E-state index contributed by atoms with van der Waals surface area (Å²) in [6.07, 6.45) is 4.48. The fourth-order valence-electron chi connectivity index (χ4n) is 0.886. The maximum atomic E-state index is 10.6. The molecule has 70 valence electrons. The Morgan fingerprint density at radius 2 is 2.17 bits per heavy atom. The number of hydrogen-bond donors (Lipinski definition) is 0. The van der Waals surface area contributed by atoms with Crippen molar-refractivity contribution in [1.82, 2.24) is 0 Å². The molecule has 0 atom stereocenters. The third-order valence-electron chi connectivity index (χ3n) is 1.59. The molecular formula is C10H18O2. The van der Waals surface area contributed by atoms with Gasteiger partial charge in [-0.3, -0.25) is 0 Å². The monoisotopic (exact) mass is 170 g/mol. The molecule has 0 bridgehead atoms. The number of carbonyl (C=O) groups excluding carboxylic acids is 1. The number of hydrogen-bond acceptors (Lipinski definition) is 2. The van der Waals surface area contributed by atoms with Crippen molar-refractivity contribution in [3.63, 3.8) is 0 Å². The Balaban J connectivity index is 3.11. The first-order valence-corrected chi connectivity index (χ1v) is 4.46. The molecular weight excluding hydrogens is 152 g/mol. The highest BCUT2D eigenvalue weighted by molar-refractivity contribution is 5.81. The number of ether oxygens (including phenoxy) is 1. The van der Waals surface area contributed by atoms with Gasteiger partial charge in [0, 0.05) is 6.08 Å². The largest absolute Gasteiger partial charge is 0.463 e. The first-order valence-electron chi connectivity index (χ1n) is 4.46. The van der Waals surface area contributed by atoms with Crippen LogP contribution in [0, 0.1) is 5.92 Å².